The summed E-state index contributed by atoms with van der Waals surface area (Å²) in [6, 6.07) is 16.6. The molecule has 0 spiro atoms. The zero-order valence-electron chi connectivity index (χ0n) is 27.5. The number of aliphatic imine (C=N–C) groups is 1. The van der Waals surface area contributed by atoms with Crippen molar-refractivity contribution < 1.29 is 42.1 Å². The van der Waals surface area contributed by atoms with Crippen LogP contribution < -0.4 is 24.4 Å². The van der Waals surface area contributed by atoms with Crippen molar-refractivity contribution in [1.29, 1.82) is 0 Å². The van der Waals surface area contributed by atoms with Crippen molar-refractivity contribution in [1.82, 2.24) is 15.3 Å². The van der Waals surface area contributed by atoms with Gasteiger partial charge in [-0.15, -0.1) is 11.3 Å². The van der Waals surface area contributed by atoms with Crippen LogP contribution in [-0.4, -0.2) is 68.0 Å². The molecule has 0 bridgehead atoms. The van der Waals surface area contributed by atoms with Crippen LogP contribution in [0.3, 0.4) is 0 Å². The van der Waals surface area contributed by atoms with E-state index in [1.807, 2.05) is 13.0 Å². The number of ether oxygens (including phenoxy) is 5. The maximum atomic E-state index is 14.1. The molecule has 4 aromatic rings. The van der Waals surface area contributed by atoms with Crippen molar-refractivity contribution in [2.75, 3.05) is 32.3 Å². The molecule has 2 aliphatic rings. The highest BCUT2D eigenvalue weighted by molar-refractivity contribution is 7.10. The topological polar surface area (TPSA) is 134 Å². The average Bonchev–Trinajstić information content (AvgIpc) is 3.55. The number of benzene rings is 2. The van der Waals surface area contributed by atoms with Gasteiger partial charge in [-0.05, 0) is 62.1 Å². The lowest BCUT2D eigenvalue weighted by Gasteiger charge is -2.40. The Balaban J connectivity index is 1.39. The van der Waals surface area contributed by atoms with Crippen molar-refractivity contribution >= 4 is 35.0 Å². The summed E-state index contributed by atoms with van der Waals surface area (Å²) in [7, 11) is 3.05. The average molecular weight is 708 g/mol. The van der Waals surface area contributed by atoms with Gasteiger partial charge >= 0.3 is 6.61 Å². The zero-order valence-corrected chi connectivity index (χ0v) is 28.3. The van der Waals surface area contributed by atoms with E-state index < -0.39 is 18.1 Å². The summed E-state index contributed by atoms with van der Waals surface area (Å²) in [6.07, 6.45) is 2.32. The smallest absolute Gasteiger partial charge is 0.387 e. The van der Waals surface area contributed by atoms with E-state index in [0.717, 1.165) is 6.20 Å². The van der Waals surface area contributed by atoms with Crippen LogP contribution in [-0.2, 0) is 21.6 Å². The normalized spacial score (nSPS) is 20.1. The molecule has 0 aliphatic carbocycles. The maximum absolute atomic E-state index is 14.1. The van der Waals surface area contributed by atoms with Crippen LogP contribution in [0.2, 0.25) is 0 Å². The number of aromatic nitrogens is 2. The number of rotatable bonds is 10. The SMILES string of the molecule is COc1ccc(CN(C(=O)c2ccc(OC(F)F)cn2)c2csc([C@]34CO[C@@H](C)C[C@H]3CCOC(NC(=O)c3ccccc3)=N4)n2)c(OC)c1. The van der Waals surface area contributed by atoms with Gasteiger partial charge in [0.25, 0.3) is 17.8 Å². The van der Waals surface area contributed by atoms with Crippen LogP contribution in [0.25, 0.3) is 0 Å². The molecule has 0 unspecified atom stereocenters. The molecule has 1 N–H and O–H groups in total. The molecule has 2 amide bonds. The quantitative estimate of drug-likeness (QED) is 0.216. The lowest BCUT2D eigenvalue weighted by atomic mass is 9.78. The number of hydrogen-bond donors (Lipinski definition) is 1. The Morgan fingerprint density at radius 1 is 1.10 bits per heavy atom. The van der Waals surface area contributed by atoms with Gasteiger partial charge in [0.15, 0.2) is 0 Å². The third-order valence-electron chi connectivity index (χ3n) is 8.53. The number of nitrogens with zero attached hydrogens (tertiary/aromatic N) is 4. The fourth-order valence-corrected chi connectivity index (χ4v) is 6.98. The number of carbonyl (C=O) groups is 2. The maximum Gasteiger partial charge on any atom is 0.387 e. The summed E-state index contributed by atoms with van der Waals surface area (Å²) in [4.78, 5) is 42.7. The number of nitrogens with one attached hydrogen (secondary N) is 1. The molecular formula is C35H35F2N5O7S. The van der Waals surface area contributed by atoms with Gasteiger partial charge in [-0.1, -0.05) is 18.2 Å². The summed E-state index contributed by atoms with van der Waals surface area (Å²) < 4.78 is 53.1. The van der Waals surface area contributed by atoms with E-state index in [4.69, 9.17) is 28.9 Å². The number of amidine groups is 1. The number of amides is 2. The van der Waals surface area contributed by atoms with Crippen LogP contribution >= 0.6 is 11.3 Å². The Morgan fingerprint density at radius 3 is 2.62 bits per heavy atom. The van der Waals surface area contributed by atoms with Crippen molar-refractivity contribution in [2.24, 2.45) is 10.9 Å². The number of fused-ring (bicyclic) bond motifs is 1. The highest BCUT2D eigenvalue weighted by Gasteiger charge is 2.49. The second-order valence-corrected chi connectivity index (χ2v) is 12.5. The number of anilines is 1. The van der Waals surface area contributed by atoms with Gasteiger partial charge in [0.1, 0.15) is 39.3 Å². The highest BCUT2D eigenvalue weighted by Crippen LogP contribution is 2.46. The van der Waals surface area contributed by atoms with E-state index in [-0.39, 0.29) is 48.5 Å². The van der Waals surface area contributed by atoms with Crippen molar-refractivity contribution in [3.8, 4) is 17.2 Å². The number of alkyl halides is 2. The van der Waals surface area contributed by atoms with Gasteiger partial charge < -0.3 is 23.7 Å². The molecule has 262 valence electrons. The van der Waals surface area contributed by atoms with Gasteiger partial charge in [0.05, 0.1) is 46.3 Å². The molecule has 12 nitrogen and oxygen atoms in total. The van der Waals surface area contributed by atoms with E-state index >= 15 is 0 Å². The van der Waals surface area contributed by atoms with Gasteiger partial charge in [-0.2, -0.15) is 8.78 Å². The third kappa shape index (κ3) is 7.53. The number of halogens is 2. The van der Waals surface area contributed by atoms with Gasteiger partial charge in [-0.3, -0.25) is 19.8 Å². The van der Waals surface area contributed by atoms with Crippen LogP contribution in [0.15, 0.2) is 77.2 Å². The molecule has 15 heteroatoms. The first-order valence-corrected chi connectivity index (χ1v) is 16.7. The fourth-order valence-electron chi connectivity index (χ4n) is 5.96. The summed E-state index contributed by atoms with van der Waals surface area (Å²) >= 11 is 1.30. The molecule has 2 aromatic heterocycles. The summed E-state index contributed by atoms with van der Waals surface area (Å²) in [5.74, 6) is 0.187. The van der Waals surface area contributed by atoms with Gasteiger partial charge in [0.2, 0.25) is 0 Å². The summed E-state index contributed by atoms with van der Waals surface area (Å²) in [5.41, 5.74) is 0.0478. The second-order valence-electron chi connectivity index (χ2n) is 11.7. The minimum absolute atomic E-state index is 0.0147. The van der Waals surface area contributed by atoms with E-state index in [2.05, 4.69) is 15.0 Å². The first kappa shape index (κ1) is 34.7. The Labute approximate surface area is 291 Å². The molecule has 1 fully saturated rings. The molecule has 0 radical (unpaired) electrons. The lowest BCUT2D eigenvalue weighted by Crippen LogP contribution is -2.46. The number of methoxy groups -OCH3 is 2. The molecule has 0 saturated carbocycles. The molecule has 4 heterocycles. The Kier molecular flexibility index (Phi) is 10.5. The van der Waals surface area contributed by atoms with E-state index in [9.17, 15) is 18.4 Å². The Bertz CT molecular complexity index is 1840. The van der Waals surface area contributed by atoms with Crippen molar-refractivity contribution in [3.63, 3.8) is 0 Å². The number of hydrogen-bond acceptors (Lipinski definition) is 11. The van der Waals surface area contributed by atoms with Crippen molar-refractivity contribution in [3.05, 3.63) is 94.1 Å². The molecule has 1 saturated heterocycles. The molecule has 2 aliphatic heterocycles. The molecular weight excluding hydrogens is 672 g/mol. The highest BCUT2D eigenvalue weighted by atomic mass is 32.1. The van der Waals surface area contributed by atoms with Crippen molar-refractivity contribution in [2.45, 2.75) is 44.6 Å². The molecule has 50 heavy (non-hydrogen) atoms. The minimum Gasteiger partial charge on any atom is -0.497 e. The third-order valence-corrected chi connectivity index (χ3v) is 9.53. The first-order chi connectivity index (χ1) is 24.2. The Hall–Kier alpha value is -5.15. The molecule has 3 atom stereocenters. The Morgan fingerprint density at radius 2 is 1.90 bits per heavy atom. The van der Waals surface area contributed by atoms with E-state index in [1.54, 1.807) is 47.8 Å². The predicted molar refractivity (Wildman–Crippen MR) is 180 cm³/mol. The molecule has 6 rings (SSSR count). The summed E-state index contributed by atoms with van der Waals surface area (Å²) in [6.45, 7) is -0.527. The number of carbonyl (C=O) groups excluding carboxylic acids is 2. The lowest BCUT2D eigenvalue weighted by molar-refractivity contribution is -0.0540. The predicted octanol–water partition coefficient (Wildman–Crippen LogP) is 5.83. The summed E-state index contributed by atoms with van der Waals surface area (Å²) in [5, 5.41) is 5.12. The first-order valence-electron chi connectivity index (χ1n) is 15.8. The van der Waals surface area contributed by atoms with Crippen LogP contribution in [0.4, 0.5) is 14.6 Å². The number of pyridine rings is 1. The monoisotopic (exact) mass is 707 g/mol. The fraction of sp³-hybridized carbons (Fsp3) is 0.343. The second kappa shape index (κ2) is 15.2. The van der Waals surface area contributed by atoms with Gasteiger partial charge in [-0.25, -0.2) is 15.0 Å². The molecule has 2 aromatic carbocycles. The minimum atomic E-state index is -3.04. The van der Waals surface area contributed by atoms with Crippen LogP contribution in [0, 0.1) is 5.92 Å². The van der Waals surface area contributed by atoms with Gasteiger partial charge in [0, 0.05) is 22.6 Å². The number of thiazole rings is 1. The van der Waals surface area contributed by atoms with Crippen LogP contribution in [0.5, 0.6) is 17.2 Å². The van der Waals surface area contributed by atoms with E-state index in [0.29, 0.717) is 52.9 Å². The standard InChI is InChI=1S/C35H35F2N5O7S/c1-21-15-24-13-14-47-34(40-30(43)22-7-5-4-6-8-22)41-35(24,20-48-21)32-39-29(19-50-32)42(18-23-9-10-25(45-2)16-28(23)46-3)31(44)27-12-11-26(17-38-27)49-33(36)37/h4-12,16-17,19,21,24,33H,13-15,18,20H2,1-3H3,(H,40,41,43)/t21-,24+,35-/m0/s1. The van der Waals surface area contributed by atoms with E-state index in [1.165, 1.54) is 42.6 Å². The zero-order chi connectivity index (χ0) is 35.3. The largest absolute Gasteiger partial charge is 0.497 e. The van der Waals surface area contributed by atoms with Crippen LogP contribution in [0.1, 0.15) is 51.2 Å².